The van der Waals surface area contributed by atoms with E-state index in [2.05, 4.69) is 42.6 Å². The predicted molar refractivity (Wildman–Crippen MR) is 101 cm³/mol. The Morgan fingerprint density at radius 2 is 1.80 bits per heavy atom. The molecule has 1 aliphatic heterocycles. The van der Waals surface area contributed by atoms with Crippen molar-refractivity contribution < 1.29 is 9.53 Å². The van der Waals surface area contributed by atoms with Crippen molar-refractivity contribution in [2.75, 3.05) is 11.9 Å². The first-order chi connectivity index (χ1) is 12.2. The van der Waals surface area contributed by atoms with Crippen molar-refractivity contribution >= 4 is 11.5 Å². The number of anilines is 1. The molecule has 0 bridgehead atoms. The Labute approximate surface area is 149 Å². The lowest BCUT2D eigenvalue weighted by atomic mass is 9.94. The number of carbonyl (C=O) groups is 1. The molecule has 25 heavy (non-hydrogen) atoms. The Morgan fingerprint density at radius 3 is 2.52 bits per heavy atom. The standard InChI is InChI=1S/C22H25NO2/c1-2-19-14-23-20-12-11-18(13-21(20)25-19)15-7-9-17(10-8-15)22(24)16-5-3-4-6-16/h7-13,16,19,23H,2-6,14H2,1H3. The zero-order chi connectivity index (χ0) is 17.2. The largest absolute Gasteiger partial charge is 0.486 e. The van der Waals surface area contributed by atoms with E-state index in [4.69, 9.17) is 4.74 Å². The van der Waals surface area contributed by atoms with Crippen LogP contribution in [-0.2, 0) is 0 Å². The number of benzene rings is 2. The lowest BCUT2D eigenvalue weighted by Crippen LogP contribution is -2.29. The molecule has 0 saturated heterocycles. The van der Waals surface area contributed by atoms with Gasteiger partial charge in [0.2, 0.25) is 0 Å². The first-order valence-electron chi connectivity index (χ1n) is 9.44. The minimum absolute atomic E-state index is 0.231. The van der Waals surface area contributed by atoms with Crippen LogP contribution in [0.5, 0.6) is 5.75 Å². The lowest BCUT2D eigenvalue weighted by molar-refractivity contribution is 0.0923. The number of hydrogen-bond acceptors (Lipinski definition) is 3. The van der Waals surface area contributed by atoms with Gasteiger partial charge in [-0.25, -0.2) is 0 Å². The molecule has 3 heteroatoms. The van der Waals surface area contributed by atoms with Crippen molar-refractivity contribution in [1.82, 2.24) is 0 Å². The van der Waals surface area contributed by atoms with Gasteiger partial charge >= 0.3 is 0 Å². The SMILES string of the molecule is CCC1CNc2ccc(-c3ccc(C(=O)C4CCCC4)cc3)cc2O1. The number of Topliss-reactive ketones (excluding diaryl/α,β-unsaturated/α-hetero) is 1. The third kappa shape index (κ3) is 3.28. The molecule has 3 nitrogen and oxygen atoms in total. The molecule has 1 unspecified atom stereocenters. The summed E-state index contributed by atoms with van der Waals surface area (Å²) in [6, 6.07) is 14.3. The summed E-state index contributed by atoms with van der Waals surface area (Å²) in [5.74, 6) is 1.47. The highest BCUT2D eigenvalue weighted by Crippen LogP contribution is 2.35. The zero-order valence-corrected chi connectivity index (χ0v) is 14.8. The average Bonchev–Trinajstić information content (AvgIpc) is 3.21. The van der Waals surface area contributed by atoms with Gasteiger partial charge in [-0.15, -0.1) is 0 Å². The van der Waals surface area contributed by atoms with Gasteiger partial charge in [-0.1, -0.05) is 50.1 Å². The fraction of sp³-hybridized carbons (Fsp3) is 0.409. The second-order valence-corrected chi connectivity index (χ2v) is 7.16. The lowest BCUT2D eigenvalue weighted by Gasteiger charge is -2.27. The summed E-state index contributed by atoms with van der Waals surface area (Å²) in [6.07, 6.45) is 5.71. The third-order valence-electron chi connectivity index (χ3n) is 5.48. The Balaban J connectivity index is 1.55. The number of rotatable bonds is 4. The van der Waals surface area contributed by atoms with Gasteiger partial charge < -0.3 is 10.1 Å². The van der Waals surface area contributed by atoms with Crippen LogP contribution in [0.3, 0.4) is 0 Å². The van der Waals surface area contributed by atoms with E-state index in [9.17, 15) is 4.79 Å². The summed E-state index contributed by atoms with van der Waals surface area (Å²) in [5.41, 5.74) is 4.14. The van der Waals surface area contributed by atoms with Crippen LogP contribution in [0.4, 0.5) is 5.69 Å². The minimum Gasteiger partial charge on any atom is -0.486 e. The topological polar surface area (TPSA) is 38.3 Å². The van der Waals surface area contributed by atoms with Crippen LogP contribution in [0.2, 0.25) is 0 Å². The van der Waals surface area contributed by atoms with Gasteiger partial charge in [0.1, 0.15) is 11.9 Å². The van der Waals surface area contributed by atoms with Crippen LogP contribution >= 0.6 is 0 Å². The van der Waals surface area contributed by atoms with E-state index in [1.165, 1.54) is 12.8 Å². The van der Waals surface area contributed by atoms with Crippen LogP contribution in [0.1, 0.15) is 49.4 Å². The number of nitrogens with one attached hydrogen (secondary N) is 1. The molecule has 0 spiro atoms. The summed E-state index contributed by atoms with van der Waals surface area (Å²) in [7, 11) is 0. The minimum atomic E-state index is 0.231. The smallest absolute Gasteiger partial charge is 0.165 e. The molecular formula is C22H25NO2. The highest BCUT2D eigenvalue weighted by molar-refractivity contribution is 5.98. The molecule has 0 radical (unpaired) electrons. The van der Waals surface area contributed by atoms with Crippen molar-refractivity contribution in [2.45, 2.75) is 45.1 Å². The van der Waals surface area contributed by atoms with Crippen LogP contribution in [0.15, 0.2) is 42.5 Å². The molecule has 1 saturated carbocycles. The second-order valence-electron chi connectivity index (χ2n) is 7.16. The normalized spacial score (nSPS) is 19.8. The summed E-state index contributed by atoms with van der Waals surface area (Å²) in [4.78, 5) is 12.5. The fourth-order valence-corrected chi connectivity index (χ4v) is 3.87. The number of ether oxygens (including phenoxy) is 1. The van der Waals surface area contributed by atoms with Gasteiger partial charge in [-0.05, 0) is 42.5 Å². The molecule has 2 aliphatic rings. The van der Waals surface area contributed by atoms with Gasteiger partial charge in [-0.2, -0.15) is 0 Å². The highest BCUT2D eigenvalue weighted by atomic mass is 16.5. The highest BCUT2D eigenvalue weighted by Gasteiger charge is 2.23. The predicted octanol–water partition coefficient (Wildman–Crippen LogP) is 5.31. The van der Waals surface area contributed by atoms with Crippen LogP contribution in [0, 0.1) is 5.92 Å². The van der Waals surface area contributed by atoms with Crippen molar-refractivity contribution in [2.24, 2.45) is 5.92 Å². The number of carbonyl (C=O) groups excluding carboxylic acids is 1. The molecule has 1 fully saturated rings. The molecular weight excluding hydrogens is 310 g/mol. The first kappa shape index (κ1) is 16.2. The summed E-state index contributed by atoms with van der Waals surface area (Å²) >= 11 is 0. The number of ketones is 1. The van der Waals surface area contributed by atoms with Crippen LogP contribution in [0.25, 0.3) is 11.1 Å². The molecule has 1 aliphatic carbocycles. The van der Waals surface area contributed by atoms with Gasteiger partial charge in [0.05, 0.1) is 12.2 Å². The molecule has 1 heterocycles. The van der Waals surface area contributed by atoms with E-state index >= 15 is 0 Å². The number of fused-ring (bicyclic) bond motifs is 1. The molecule has 1 N–H and O–H groups in total. The van der Waals surface area contributed by atoms with Gasteiger partial charge in [0.25, 0.3) is 0 Å². The first-order valence-corrected chi connectivity index (χ1v) is 9.44. The van der Waals surface area contributed by atoms with E-state index in [0.29, 0.717) is 5.78 Å². The summed E-state index contributed by atoms with van der Waals surface area (Å²) in [5, 5.41) is 3.43. The van der Waals surface area contributed by atoms with E-state index in [1.807, 2.05) is 12.1 Å². The molecule has 2 aromatic carbocycles. The van der Waals surface area contributed by atoms with Gasteiger partial charge in [0.15, 0.2) is 5.78 Å². The summed E-state index contributed by atoms with van der Waals surface area (Å²) < 4.78 is 6.06. The van der Waals surface area contributed by atoms with Gasteiger partial charge in [0, 0.05) is 11.5 Å². The average molecular weight is 335 g/mol. The van der Waals surface area contributed by atoms with Gasteiger partial charge in [-0.3, -0.25) is 4.79 Å². The zero-order valence-electron chi connectivity index (χ0n) is 14.8. The second kappa shape index (κ2) is 6.91. The molecule has 0 aromatic heterocycles. The van der Waals surface area contributed by atoms with Crippen LogP contribution < -0.4 is 10.1 Å². The number of hydrogen-bond donors (Lipinski definition) is 1. The molecule has 1 atom stereocenters. The monoisotopic (exact) mass is 335 g/mol. The Bertz CT molecular complexity index is 760. The van der Waals surface area contributed by atoms with Crippen molar-refractivity contribution in [3.8, 4) is 16.9 Å². The molecule has 0 amide bonds. The molecule has 4 rings (SSSR count). The Hall–Kier alpha value is -2.29. The maximum absolute atomic E-state index is 12.5. The van der Waals surface area contributed by atoms with E-state index in [0.717, 1.165) is 53.9 Å². The van der Waals surface area contributed by atoms with Crippen LogP contribution in [-0.4, -0.2) is 18.4 Å². The molecule has 2 aromatic rings. The van der Waals surface area contributed by atoms with Crippen molar-refractivity contribution in [3.05, 3.63) is 48.0 Å². The third-order valence-corrected chi connectivity index (χ3v) is 5.48. The van der Waals surface area contributed by atoms with Crippen molar-refractivity contribution in [1.29, 1.82) is 0 Å². The maximum atomic E-state index is 12.5. The summed E-state index contributed by atoms with van der Waals surface area (Å²) in [6.45, 7) is 3.00. The fourth-order valence-electron chi connectivity index (χ4n) is 3.87. The maximum Gasteiger partial charge on any atom is 0.165 e. The van der Waals surface area contributed by atoms with E-state index in [-0.39, 0.29) is 12.0 Å². The van der Waals surface area contributed by atoms with E-state index in [1.54, 1.807) is 0 Å². The molecule has 130 valence electrons. The Morgan fingerprint density at radius 1 is 1.08 bits per heavy atom. The van der Waals surface area contributed by atoms with E-state index < -0.39 is 0 Å². The Kier molecular flexibility index (Phi) is 4.48. The van der Waals surface area contributed by atoms with Crippen molar-refractivity contribution in [3.63, 3.8) is 0 Å². The quantitative estimate of drug-likeness (QED) is 0.770.